The molecule has 0 N–H and O–H groups in total. The van der Waals surface area contributed by atoms with Crippen LogP contribution < -0.4 is 4.74 Å². The van der Waals surface area contributed by atoms with E-state index in [-0.39, 0.29) is 5.69 Å². The van der Waals surface area contributed by atoms with Crippen molar-refractivity contribution in [1.82, 2.24) is 39.3 Å². The van der Waals surface area contributed by atoms with Gasteiger partial charge in [0.25, 0.3) is 6.43 Å². The molecular weight excluding hydrogens is 478 g/mol. The van der Waals surface area contributed by atoms with Gasteiger partial charge in [0.05, 0.1) is 30.9 Å². The Hall–Kier alpha value is -4.54. The molecule has 0 bridgehead atoms. The minimum absolute atomic E-state index is 0.221. The Morgan fingerprint density at radius 1 is 1.05 bits per heavy atom. The van der Waals surface area contributed by atoms with Gasteiger partial charge in [-0.3, -0.25) is 0 Å². The van der Waals surface area contributed by atoms with Gasteiger partial charge in [0.15, 0.2) is 11.5 Å². The average Bonchev–Trinajstić information content (AvgIpc) is 3.56. The molecule has 0 amide bonds. The highest BCUT2D eigenvalue weighted by molar-refractivity contribution is 5.87. The molecule has 37 heavy (non-hydrogen) atoms. The van der Waals surface area contributed by atoms with Crippen LogP contribution in [0.4, 0.5) is 8.78 Å². The summed E-state index contributed by atoms with van der Waals surface area (Å²) >= 11 is 0. The number of aromatic nitrogens is 8. The van der Waals surface area contributed by atoms with Crippen molar-refractivity contribution in [2.24, 2.45) is 0 Å². The fourth-order valence-electron chi connectivity index (χ4n) is 4.26. The molecule has 6 rings (SSSR count). The van der Waals surface area contributed by atoms with Gasteiger partial charge in [-0.2, -0.15) is 5.10 Å². The fourth-order valence-corrected chi connectivity index (χ4v) is 4.26. The van der Waals surface area contributed by atoms with Crippen LogP contribution in [0.15, 0.2) is 55.3 Å². The molecule has 4 heterocycles. The first-order valence-corrected chi connectivity index (χ1v) is 11.8. The van der Waals surface area contributed by atoms with Gasteiger partial charge in [0.1, 0.15) is 23.4 Å². The molecule has 186 valence electrons. The molecule has 0 unspecified atom stereocenters. The third-order valence-electron chi connectivity index (χ3n) is 6.22. The largest absolute Gasteiger partial charge is 0.480 e. The Morgan fingerprint density at radius 2 is 1.86 bits per heavy atom. The Labute approximate surface area is 210 Å². The van der Waals surface area contributed by atoms with Crippen LogP contribution in [0.1, 0.15) is 36.7 Å². The number of fused-ring (bicyclic) bond motifs is 1. The van der Waals surface area contributed by atoms with Gasteiger partial charge in [-0.1, -0.05) is 30.3 Å². The minimum Gasteiger partial charge on any atom is -0.480 e. The molecule has 0 saturated carbocycles. The molecule has 0 atom stereocenters. The lowest BCUT2D eigenvalue weighted by molar-refractivity contribution is 0.146. The molecule has 4 aromatic heterocycles. The maximum absolute atomic E-state index is 13.1. The summed E-state index contributed by atoms with van der Waals surface area (Å²) in [6.45, 7) is 2.91. The van der Waals surface area contributed by atoms with E-state index in [4.69, 9.17) is 9.72 Å². The van der Waals surface area contributed by atoms with Crippen molar-refractivity contribution in [2.45, 2.75) is 32.9 Å². The van der Waals surface area contributed by atoms with Crippen molar-refractivity contribution in [1.29, 1.82) is 0 Å². The van der Waals surface area contributed by atoms with Crippen LogP contribution in [0.3, 0.4) is 0 Å². The molecule has 5 aromatic rings. The summed E-state index contributed by atoms with van der Waals surface area (Å²) in [6, 6.07) is 7.64. The number of alkyl halides is 2. The summed E-state index contributed by atoms with van der Waals surface area (Å²) in [6.07, 6.45) is 6.67. The van der Waals surface area contributed by atoms with Crippen LogP contribution in [0.2, 0.25) is 0 Å². The van der Waals surface area contributed by atoms with Crippen LogP contribution in [-0.2, 0) is 13.1 Å². The summed E-state index contributed by atoms with van der Waals surface area (Å²) in [5, 5.41) is 5.31. The highest BCUT2D eigenvalue weighted by atomic mass is 19.3. The second kappa shape index (κ2) is 9.16. The van der Waals surface area contributed by atoms with E-state index < -0.39 is 6.43 Å². The lowest BCUT2D eigenvalue weighted by atomic mass is 10.1. The molecule has 0 radical (unpaired) electrons. The van der Waals surface area contributed by atoms with Crippen molar-refractivity contribution in [3.63, 3.8) is 0 Å². The quantitative estimate of drug-likeness (QED) is 0.297. The second-order valence-electron chi connectivity index (χ2n) is 8.59. The van der Waals surface area contributed by atoms with Crippen LogP contribution in [0.5, 0.6) is 5.88 Å². The molecule has 1 aliphatic carbocycles. The molecule has 9 nitrogen and oxygen atoms in total. The number of hydrogen-bond acceptors (Lipinski definition) is 7. The maximum atomic E-state index is 13.1. The zero-order valence-corrected chi connectivity index (χ0v) is 20.1. The van der Waals surface area contributed by atoms with Gasteiger partial charge in [0, 0.05) is 24.5 Å². The number of ether oxygens (including phenoxy) is 1. The van der Waals surface area contributed by atoms with E-state index in [1.807, 2.05) is 31.2 Å². The van der Waals surface area contributed by atoms with E-state index in [9.17, 15) is 8.78 Å². The van der Waals surface area contributed by atoms with E-state index in [2.05, 4.69) is 31.1 Å². The number of imidazole rings is 1. The molecule has 0 fully saturated rings. The van der Waals surface area contributed by atoms with Gasteiger partial charge in [-0.05, 0) is 24.5 Å². The normalized spacial score (nSPS) is 12.8. The molecule has 1 aromatic carbocycles. The smallest absolute Gasteiger partial charge is 0.281 e. The fraction of sp³-hybridized carbons (Fsp3) is 0.231. The zero-order chi connectivity index (χ0) is 25.5. The van der Waals surface area contributed by atoms with Gasteiger partial charge in [-0.15, -0.1) is 0 Å². The SMILES string of the molecule is CCn1cc(C(F)F)nc1-c1ccc(Cn2ncc3cnc(-c4c(OC)ncnc4C4=CC4)nc32)cc1. The summed E-state index contributed by atoms with van der Waals surface area (Å²) in [5.41, 5.74) is 4.72. The van der Waals surface area contributed by atoms with Crippen LogP contribution >= 0.6 is 0 Å². The number of allylic oxidation sites excluding steroid dienone is 2. The minimum atomic E-state index is -2.61. The monoisotopic (exact) mass is 500 g/mol. The summed E-state index contributed by atoms with van der Waals surface area (Å²) < 4.78 is 35.3. The van der Waals surface area contributed by atoms with E-state index in [0.717, 1.165) is 34.2 Å². The molecule has 11 heteroatoms. The van der Waals surface area contributed by atoms with Crippen LogP contribution in [0.25, 0.3) is 39.4 Å². The molecule has 0 aliphatic heterocycles. The van der Waals surface area contributed by atoms with E-state index in [1.165, 1.54) is 12.5 Å². The Morgan fingerprint density at radius 3 is 2.57 bits per heavy atom. The zero-order valence-electron chi connectivity index (χ0n) is 20.1. The van der Waals surface area contributed by atoms with Gasteiger partial charge < -0.3 is 9.30 Å². The number of hydrogen-bond donors (Lipinski definition) is 0. The Bertz CT molecular complexity index is 1640. The first-order chi connectivity index (χ1) is 18.1. The number of benzene rings is 1. The van der Waals surface area contributed by atoms with Crippen molar-refractivity contribution in [3.8, 4) is 28.7 Å². The third-order valence-corrected chi connectivity index (χ3v) is 6.22. The summed E-state index contributed by atoms with van der Waals surface area (Å²) in [5.74, 6) is 1.40. The number of aryl methyl sites for hydroxylation is 1. The topological polar surface area (TPSA) is 96.4 Å². The second-order valence-corrected chi connectivity index (χ2v) is 8.59. The van der Waals surface area contributed by atoms with E-state index in [1.54, 1.807) is 28.8 Å². The van der Waals surface area contributed by atoms with Crippen LogP contribution in [0, 0.1) is 0 Å². The van der Waals surface area contributed by atoms with Crippen LogP contribution in [-0.4, -0.2) is 46.4 Å². The van der Waals surface area contributed by atoms with E-state index >= 15 is 0 Å². The lowest BCUT2D eigenvalue weighted by Gasteiger charge is -2.10. The first kappa shape index (κ1) is 22.9. The standard InChI is InChI=1S/C26H22F2N8O/c1-3-35-13-19(22(27)28)33-24(35)17-6-4-15(5-7-17)12-36-25-18(11-32-36)10-29-23(34-25)20-21(16-8-9-16)30-14-31-26(20)37-2/h4-8,10-11,13-14,22H,3,9,12H2,1-2H3. The van der Waals surface area contributed by atoms with Gasteiger partial charge >= 0.3 is 0 Å². The maximum Gasteiger partial charge on any atom is 0.281 e. The third kappa shape index (κ3) is 4.22. The predicted octanol–water partition coefficient (Wildman–Crippen LogP) is 4.95. The van der Waals surface area contributed by atoms with Gasteiger partial charge in [0.2, 0.25) is 5.88 Å². The predicted molar refractivity (Wildman–Crippen MR) is 133 cm³/mol. The number of methoxy groups -OCH3 is 1. The summed E-state index contributed by atoms with van der Waals surface area (Å²) in [4.78, 5) is 22.1. The number of rotatable bonds is 8. The highest BCUT2D eigenvalue weighted by Gasteiger charge is 2.24. The van der Waals surface area contributed by atoms with Gasteiger partial charge in [-0.25, -0.2) is 38.4 Å². The van der Waals surface area contributed by atoms with Crippen molar-refractivity contribution < 1.29 is 13.5 Å². The average molecular weight is 501 g/mol. The number of halogens is 2. The van der Waals surface area contributed by atoms with Crippen molar-refractivity contribution >= 4 is 16.6 Å². The molecule has 0 saturated heterocycles. The molecular formula is C26H22F2N8O. The Balaban J connectivity index is 1.32. The van der Waals surface area contributed by atoms with Crippen molar-refractivity contribution in [3.05, 3.63) is 72.2 Å². The summed E-state index contributed by atoms with van der Waals surface area (Å²) in [7, 11) is 1.56. The highest BCUT2D eigenvalue weighted by Crippen LogP contribution is 2.39. The lowest BCUT2D eigenvalue weighted by Crippen LogP contribution is -2.05. The van der Waals surface area contributed by atoms with E-state index in [0.29, 0.717) is 41.8 Å². The van der Waals surface area contributed by atoms with Crippen molar-refractivity contribution in [2.75, 3.05) is 7.11 Å². The molecule has 1 aliphatic rings. The number of nitrogens with zero attached hydrogens (tertiary/aromatic N) is 8. The Kier molecular flexibility index (Phi) is 5.67. The molecule has 0 spiro atoms. The first-order valence-electron chi connectivity index (χ1n) is 11.8.